The van der Waals surface area contributed by atoms with Crippen LogP contribution in [0.5, 0.6) is 5.75 Å². The summed E-state index contributed by atoms with van der Waals surface area (Å²) in [7, 11) is 0. The molecule has 0 saturated heterocycles. The maximum Gasteiger partial charge on any atom is 0.435 e. The molecule has 7 nitrogen and oxygen atoms in total. The largest absolute Gasteiger partial charge is 0.490 e. The topological polar surface area (TPSA) is 82.2 Å². The lowest BCUT2D eigenvalue weighted by atomic mass is 10.2. The van der Waals surface area contributed by atoms with Gasteiger partial charge in [-0.3, -0.25) is 4.79 Å². The van der Waals surface area contributed by atoms with E-state index in [1.165, 1.54) is 0 Å². The Balaban J connectivity index is 1.64. The monoisotopic (exact) mass is 462 g/mol. The molecular formula is C22H18F4N4O3. The van der Waals surface area contributed by atoms with Crippen molar-refractivity contribution in [2.45, 2.75) is 26.1 Å². The minimum atomic E-state index is -4.94. The molecule has 0 aliphatic carbocycles. The van der Waals surface area contributed by atoms with Crippen molar-refractivity contribution >= 4 is 16.9 Å². The summed E-state index contributed by atoms with van der Waals surface area (Å²) in [4.78, 5) is 12.7. The third kappa shape index (κ3) is 4.38. The minimum Gasteiger partial charge on any atom is -0.490 e. The van der Waals surface area contributed by atoms with Gasteiger partial charge in [-0.15, -0.1) is 5.10 Å². The molecule has 0 bridgehead atoms. The van der Waals surface area contributed by atoms with Crippen LogP contribution < -0.4 is 10.1 Å². The molecule has 1 unspecified atom stereocenters. The van der Waals surface area contributed by atoms with Crippen molar-refractivity contribution < 1.29 is 31.5 Å². The lowest BCUT2D eigenvalue weighted by molar-refractivity contribution is -0.143. The van der Waals surface area contributed by atoms with Crippen LogP contribution >= 0.6 is 0 Å². The molecule has 2 heterocycles. The van der Waals surface area contributed by atoms with Crippen LogP contribution in [0.3, 0.4) is 0 Å². The highest BCUT2D eigenvalue weighted by atomic mass is 19.4. The first kappa shape index (κ1) is 22.3. The number of hydrogen-bond acceptors (Lipinski definition) is 5. The van der Waals surface area contributed by atoms with Gasteiger partial charge in [0.2, 0.25) is 0 Å². The number of alkyl halides is 3. The Morgan fingerprint density at radius 2 is 1.94 bits per heavy atom. The Morgan fingerprint density at radius 3 is 2.61 bits per heavy atom. The van der Waals surface area contributed by atoms with Gasteiger partial charge in [0.15, 0.2) is 22.7 Å². The molecule has 2 aromatic heterocycles. The fourth-order valence-electron chi connectivity index (χ4n) is 3.33. The Labute approximate surface area is 184 Å². The quantitative estimate of drug-likeness (QED) is 0.405. The number of hydrogen-bond donors (Lipinski definition) is 1. The van der Waals surface area contributed by atoms with E-state index in [0.717, 1.165) is 29.7 Å². The highest BCUT2D eigenvalue weighted by Gasteiger charge is 2.42. The van der Waals surface area contributed by atoms with Crippen LogP contribution in [0.15, 0.2) is 52.9 Å². The number of fused-ring (bicyclic) bond motifs is 1. The first-order valence-electron chi connectivity index (χ1n) is 9.94. The zero-order valence-corrected chi connectivity index (χ0v) is 17.5. The zero-order valence-electron chi connectivity index (χ0n) is 17.5. The van der Waals surface area contributed by atoms with E-state index < -0.39 is 35.3 Å². The highest BCUT2D eigenvalue weighted by molar-refractivity contribution is 5.94. The van der Waals surface area contributed by atoms with Crippen molar-refractivity contribution in [1.82, 2.24) is 20.3 Å². The van der Waals surface area contributed by atoms with Crippen LogP contribution in [0.2, 0.25) is 0 Å². The van der Waals surface area contributed by atoms with Gasteiger partial charge in [-0.2, -0.15) is 13.2 Å². The first-order valence-corrected chi connectivity index (χ1v) is 9.94. The molecule has 0 spiro atoms. The van der Waals surface area contributed by atoms with E-state index in [-0.39, 0.29) is 5.69 Å². The number of benzene rings is 2. The average Bonchev–Trinajstić information content (AvgIpc) is 3.40. The van der Waals surface area contributed by atoms with E-state index in [1.807, 2.05) is 6.92 Å². The number of halogens is 4. The molecule has 1 atom stereocenters. The molecule has 0 aliphatic rings. The molecule has 11 heteroatoms. The van der Waals surface area contributed by atoms with E-state index in [0.29, 0.717) is 28.4 Å². The number of aromatic nitrogens is 3. The van der Waals surface area contributed by atoms with Crippen LogP contribution in [0.4, 0.5) is 17.6 Å². The first-order chi connectivity index (χ1) is 15.7. The van der Waals surface area contributed by atoms with Crippen LogP contribution in [0.1, 0.15) is 41.8 Å². The number of amides is 1. The number of para-hydroxylation sites is 1. The van der Waals surface area contributed by atoms with Crippen LogP contribution in [0, 0.1) is 5.82 Å². The fourth-order valence-corrected chi connectivity index (χ4v) is 3.33. The van der Waals surface area contributed by atoms with Crippen molar-refractivity contribution in [2.24, 2.45) is 0 Å². The van der Waals surface area contributed by atoms with Crippen molar-refractivity contribution in [3.8, 4) is 11.4 Å². The summed E-state index contributed by atoms with van der Waals surface area (Å²) < 4.78 is 66.3. The molecule has 0 aliphatic heterocycles. The van der Waals surface area contributed by atoms with Gasteiger partial charge in [-0.05, 0) is 50.2 Å². The van der Waals surface area contributed by atoms with Gasteiger partial charge in [0.05, 0.1) is 18.3 Å². The van der Waals surface area contributed by atoms with Gasteiger partial charge in [-0.1, -0.05) is 17.3 Å². The minimum absolute atomic E-state index is 0.0935. The number of nitrogens with zero attached hydrogens (tertiary/aromatic N) is 3. The second-order valence-corrected chi connectivity index (χ2v) is 7.12. The lowest BCUT2D eigenvalue weighted by Gasteiger charge is -2.13. The number of nitrogens with one attached hydrogen (secondary N) is 1. The van der Waals surface area contributed by atoms with Crippen molar-refractivity contribution in [1.29, 1.82) is 0 Å². The van der Waals surface area contributed by atoms with Crippen LogP contribution in [-0.2, 0) is 6.18 Å². The molecule has 33 heavy (non-hydrogen) atoms. The molecule has 0 fully saturated rings. The number of carbonyl (C=O) groups is 1. The van der Waals surface area contributed by atoms with Crippen molar-refractivity contribution in [3.05, 3.63) is 71.5 Å². The van der Waals surface area contributed by atoms with E-state index >= 15 is 0 Å². The summed E-state index contributed by atoms with van der Waals surface area (Å²) in [6.45, 7) is 3.81. The third-order valence-electron chi connectivity index (χ3n) is 4.83. The molecular weight excluding hydrogens is 444 g/mol. The predicted molar refractivity (Wildman–Crippen MR) is 110 cm³/mol. The number of rotatable bonds is 6. The summed E-state index contributed by atoms with van der Waals surface area (Å²) in [5.74, 6) is -0.877. The number of ether oxygens (including phenoxy) is 1. The van der Waals surface area contributed by atoms with Gasteiger partial charge in [0.25, 0.3) is 5.91 Å². The fraction of sp³-hybridized carbons (Fsp3) is 0.227. The molecule has 1 N–H and O–H groups in total. The summed E-state index contributed by atoms with van der Waals surface area (Å²) in [5, 5.41) is 10.1. The predicted octanol–water partition coefficient (Wildman–Crippen LogP) is 5.06. The number of carbonyl (C=O) groups excluding carboxylic acids is 1. The standard InChI is InChI=1S/C22H18F4N4O3/c1-3-32-16-6-4-5-13-11-17(33-19(13)16)12(2)27-21(31)18-20(22(24,25)26)30(29-28-18)15-9-7-14(23)8-10-15/h4-12H,3H2,1-2H3,(H,27,31). The molecule has 172 valence electrons. The molecule has 4 aromatic rings. The molecule has 0 saturated carbocycles. The maximum atomic E-state index is 13.8. The summed E-state index contributed by atoms with van der Waals surface area (Å²) >= 11 is 0. The molecule has 2 aromatic carbocycles. The van der Waals surface area contributed by atoms with Crippen molar-refractivity contribution in [3.63, 3.8) is 0 Å². The second kappa shape index (κ2) is 8.57. The van der Waals surface area contributed by atoms with Gasteiger partial charge in [0, 0.05) is 5.39 Å². The maximum absolute atomic E-state index is 13.8. The summed E-state index contributed by atoms with van der Waals surface area (Å²) in [6, 6.07) is 10.4. The Morgan fingerprint density at radius 1 is 1.21 bits per heavy atom. The number of furan rings is 1. The smallest absolute Gasteiger partial charge is 0.435 e. The lowest BCUT2D eigenvalue weighted by Crippen LogP contribution is -2.29. The van der Waals surface area contributed by atoms with E-state index in [9.17, 15) is 22.4 Å². The van der Waals surface area contributed by atoms with Crippen LogP contribution in [0.25, 0.3) is 16.7 Å². The van der Waals surface area contributed by atoms with Crippen molar-refractivity contribution in [2.75, 3.05) is 6.61 Å². The second-order valence-electron chi connectivity index (χ2n) is 7.12. The van der Waals surface area contributed by atoms with E-state index in [2.05, 4.69) is 15.6 Å². The molecule has 4 rings (SSSR count). The Hall–Kier alpha value is -3.89. The molecule has 1 amide bonds. The van der Waals surface area contributed by atoms with Crippen LogP contribution in [-0.4, -0.2) is 27.5 Å². The average molecular weight is 462 g/mol. The van der Waals surface area contributed by atoms with Gasteiger partial charge in [0.1, 0.15) is 11.6 Å². The summed E-state index contributed by atoms with van der Waals surface area (Å²) in [5.41, 5.74) is -1.91. The summed E-state index contributed by atoms with van der Waals surface area (Å²) in [6.07, 6.45) is -4.94. The van der Waals surface area contributed by atoms with E-state index in [4.69, 9.17) is 9.15 Å². The van der Waals surface area contributed by atoms with Gasteiger partial charge >= 0.3 is 6.18 Å². The zero-order chi connectivity index (χ0) is 23.8. The normalized spacial score (nSPS) is 12.7. The van der Waals surface area contributed by atoms with E-state index in [1.54, 1.807) is 31.2 Å². The van der Waals surface area contributed by atoms with Gasteiger partial charge in [-0.25, -0.2) is 9.07 Å². The Kier molecular flexibility index (Phi) is 5.79. The van der Waals surface area contributed by atoms with Gasteiger partial charge < -0.3 is 14.5 Å². The molecule has 0 radical (unpaired) electrons. The SMILES string of the molecule is CCOc1cccc2cc(C(C)NC(=O)c3nnn(-c4ccc(F)cc4)c3C(F)(F)F)oc12. The Bertz CT molecular complexity index is 1300. The highest BCUT2D eigenvalue weighted by Crippen LogP contribution is 2.34. The third-order valence-corrected chi connectivity index (χ3v) is 4.83.